The maximum absolute atomic E-state index is 11.4. The molecule has 0 bridgehead atoms. The molecule has 0 radical (unpaired) electrons. The van der Waals surface area contributed by atoms with Crippen LogP contribution in [0.5, 0.6) is 0 Å². The highest BCUT2D eigenvalue weighted by atomic mass is 32.2. The predicted molar refractivity (Wildman–Crippen MR) is 73.2 cm³/mol. The van der Waals surface area contributed by atoms with Crippen LogP contribution in [0.15, 0.2) is 29.2 Å². The van der Waals surface area contributed by atoms with E-state index in [0.29, 0.717) is 24.7 Å². The monoisotopic (exact) mass is 285 g/mol. The molecule has 1 atom stereocenters. The third kappa shape index (κ3) is 3.46. The smallest absolute Gasteiger partial charge is 0.175 e. The molecule has 0 amide bonds. The maximum atomic E-state index is 11.4. The molecule has 0 spiro atoms. The molecule has 19 heavy (non-hydrogen) atoms. The van der Waals surface area contributed by atoms with Gasteiger partial charge in [0.2, 0.25) is 0 Å². The predicted octanol–water partition coefficient (Wildman–Crippen LogP) is 1.31. The van der Waals surface area contributed by atoms with Crippen LogP contribution in [0.25, 0.3) is 0 Å². The Labute approximate surface area is 113 Å². The van der Waals surface area contributed by atoms with Crippen LogP contribution < -0.4 is 5.32 Å². The molecule has 1 N–H and O–H groups in total. The van der Waals surface area contributed by atoms with Crippen LogP contribution in [0, 0.1) is 0 Å². The van der Waals surface area contributed by atoms with Crippen molar-refractivity contribution in [3.8, 4) is 0 Å². The minimum absolute atomic E-state index is 0.282. The summed E-state index contributed by atoms with van der Waals surface area (Å²) < 4.78 is 33.6. The minimum atomic E-state index is -3.14. The summed E-state index contributed by atoms with van der Waals surface area (Å²) in [5.41, 5.74) is 0.589. The Morgan fingerprint density at radius 2 is 2.05 bits per heavy atom. The Kier molecular flexibility index (Phi) is 4.13. The highest BCUT2D eigenvalue weighted by Crippen LogP contribution is 2.23. The van der Waals surface area contributed by atoms with Crippen molar-refractivity contribution in [2.45, 2.75) is 16.9 Å². The molecule has 1 heterocycles. The first-order valence-corrected chi connectivity index (χ1v) is 8.01. The molecule has 0 aliphatic carbocycles. The van der Waals surface area contributed by atoms with Crippen molar-refractivity contribution in [1.29, 1.82) is 0 Å². The summed E-state index contributed by atoms with van der Waals surface area (Å²) in [6.45, 7) is 1.93. The van der Waals surface area contributed by atoms with E-state index in [1.807, 2.05) is 0 Å². The molecule has 1 aliphatic rings. The normalized spacial score (nSPS) is 23.5. The second-order valence-corrected chi connectivity index (χ2v) is 6.86. The van der Waals surface area contributed by atoms with Crippen molar-refractivity contribution in [2.75, 3.05) is 38.4 Å². The first-order valence-electron chi connectivity index (χ1n) is 6.12. The molecule has 0 aromatic heterocycles. The highest BCUT2D eigenvalue weighted by Gasteiger charge is 2.34. The number of rotatable bonds is 5. The lowest BCUT2D eigenvalue weighted by Gasteiger charge is -2.26. The summed E-state index contributed by atoms with van der Waals surface area (Å²) in [5, 5.41) is 3.26. The van der Waals surface area contributed by atoms with Crippen molar-refractivity contribution < 1.29 is 17.9 Å². The summed E-state index contributed by atoms with van der Waals surface area (Å²) in [4.78, 5) is 0.323. The second-order valence-electron chi connectivity index (χ2n) is 4.84. The van der Waals surface area contributed by atoms with E-state index in [1.165, 1.54) is 6.26 Å². The molecule has 1 aromatic rings. The zero-order chi connectivity index (χ0) is 13.9. The fraction of sp³-hybridized carbons (Fsp3) is 0.538. The van der Waals surface area contributed by atoms with Crippen LogP contribution in [0.3, 0.4) is 0 Å². The summed E-state index contributed by atoms with van der Waals surface area (Å²) >= 11 is 0. The Balaban J connectivity index is 2.00. The Morgan fingerprint density at radius 1 is 1.37 bits per heavy atom. The molecule has 1 saturated heterocycles. The molecule has 6 heteroatoms. The number of nitrogens with one attached hydrogen (secondary N) is 1. The van der Waals surface area contributed by atoms with Gasteiger partial charge in [-0.25, -0.2) is 8.42 Å². The van der Waals surface area contributed by atoms with Crippen molar-refractivity contribution in [3.05, 3.63) is 24.3 Å². The van der Waals surface area contributed by atoms with Gasteiger partial charge in [0.15, 0.2) is 9.84 Å². The van der Waals surface area contributed by atoms with Crippen LogP contribution in [0.1, 0.15) is 6.42 Å². The number of anilines is 1. The quantitative estimate of drug-likeness (QED) is 0.883. The van der Waals surface area contributed by atoms with Gasteiger partial charge < -0.3 is 14.8 Å². The van der Waals surface area contributed by atoms with Crippen LogP contribution in [-0.2, 0) is 19.3 Å². The topological polar surface area (TPSA) is 64.6 Å². The van der Waals surface area contributed by atoms with Gasteiger partial charge in [-0.05, 0) is 24.3 Å². The van der Waals surface area contributed by atoms with Gasteiger partial charge in [0.05, 0.1) is 11.5 Å². The highest BCUT2D eigenvalue weighted by molar-refractivity contribution is 7.90. The van der Waals surface area contributed by atoms with E-state index in [4.69, 9.17) is 9.47 Å². The Bertz CT molecular complexity index is 518. The van der Waals surface area contributed by atoms with Gasteiger partial charge in [-0.1, -0.05) is 0 Å². The molecular weight excluding hydrogens is 266 g/mol. The third-order valence-corrected chi connectivity index (χ3v) is 4.53. The van der Waals surface area contributed by atoms with E-state index < -0.39 is 9.84 Å². The van der Waals surface area contributed by atoms with E-state index in [9.17, 15) is 8.42 Å². The molecule has 1 aliphatic heterocycles. The fourth-order valence-corrected chi connectivity index (χ4v) is 2.67. The van der Waals surface area contributed by atoms with E-state index in [-0.39, 0.29) is 5.60 Å². The molecule has 1 unspecified atom stereocenters. The van der Waals surface area contributed by atoms with Gasteiger partial charge in [0.25, 0.3) is 0 Å². The number of sulfone groups is 1. The Morgan fingerprint density at radius 3 is 2.53 bits per heavy atom. The van der Waals surface area contributed by atoms with E-state index in [0.717, 1.165) is 12.1 Å². The van der Waals surface area contributed by atoms with Gasteiger partial charge >= 0.3 is 0 Å². The number of benzene rings is 1. The fourth-order valence-electron chi connectivity index (χ4n) is 2.04. The molecule has 5 nitrogen and oxygen atoms in total. The van der Waals surface area contributed by atoms with Gasteiger partial charge in [0.1, 0.15) is 5.60 Å². The van der Waals surface area contributed by atoms with Crippen molar-refractivity contribution in [3.63, 3.8) is 0 Å². The Hall–Kier alpha value is -1.11. The van der Waals surface area contributed by atoms with E-state index >= 15 is 0 Å². The summed E-state index contributed by atoms with van der Waals surface area (Å²) in [6.07, 6.45) is 2.06. The summed E-state index contributed by atoms with van der Waals surface area (Å²) in [7, 11) is -1.46. The van der Waals surface area contributed by atoms with Crippen molar-refractivity contribution in [1.82, 2.24) is 0 Å². The number of hydrogen-bond acceptors (Lipinski definition) is 5. The average molecular weight is 285 g/mol. The van der Waals surface area contributed by atoms with Crippen molar-refractivity contribution >= 4 is 15.5 Å². The van der Waals surface area contributed by atoms with E-state index in [1.54, 1.807) is 31.4 Å². The molecular formula is C13H19NO4S. The second kappa shape index (κ2) is 5.48. The third-order valence-electron chi connectivity index (χ3n) is 3.40. The van der Waals surface area contributed by atoms with Crippen LogP contribution >= 0.6 is 0 Å². The van der Waals surface area contributed by atoms with Gasteiger partial charge in [0, 0.05) is 38.6 Å². The SMILES string of the molecule is COC1(CNc2ccc(S(C)(=O)=O)cc2)CCOC1. The maximum Gasteiger partial charge on any atom is 0.175 e. The molecule has 0 saturated carbocycles. The average Bonchev–Trinajstić information content (AvgIpc) is 2.85. The lowest BCUT2D eigenvalue weighted by Crippen LogP contribution is -2.39. The van der Waals surface area contributed by atoms with Crippen molar-refractivity contribution in [2.24, 2.45) is 0 Å². The minimum Gasteiger partial charge on any atom is -0.382 e. The number of methoxy groups -OCH3 is 1. The zero-order valence-electron chi connectivity index (χ0n) is 11.2. The summed E-state index contributed by atoms with van der Waals surface area (Å²) in [5.74, 6) is 0. The first-order chi connectivity index (χ1) is 8.95. The van der Waals surface area contributed by atoms with Crippen LogP contribution in [0.2, 0.25) is 0 Å². The van der Waals surface area contributed by atoms with Crippen LogP contribution in [-0.4, -0.2) is 47.1 Å². The molecule has 1 aromatic carbocycles. The molecule has 1 fully saturated rings. The number of ether oxygens (including phenoxy) is 2. The standard InChI is InChI=1S/C13H19NO4S/c1-17-13(7-8-18-10-13)9-14-11-3-5-12(6-4-11)19(2,15)16/h3-6,14H,7-10H2,1-2H3. The lowest BCUT2D eigenvalue weighted by molar-refractivity contribution is -0.00619. The van der Waals surface area contributed by atoms with Gasteiger partial charge in [-0.3, -0.25) is 0 Å². The largest absolute Gasteiger partial charge is 0.382 e. The first kappa shape index (κ1) is 14.3. The van der Waals surface area contributed by atoms with Crippen LogP contribution in [0.4, 0.5) is 5.69 Å². The molecule has 106 valence electrons. The number of hydrogen-bond donors (Lipinski definition) is 1. The van der Waals surface area contributed by atoms with Gasteiger partial charge in [-0.2, -0.15) is 0 Å². The summed E-state index contributed by atoms with van der Waals surface area (Å²) in [6, 6.07) is 6.72. The van der Waals surface area contributed by atoms with E-state index in [2.05, 4.69) is 5.32 Å². The zero-order valence-corrected chi connectivity index (χ0v) is 12.0. The lowest BCUT2D eigenvalue weighted by atomic mass is 10.0. The van der Waals surface area contributed by atoms with Gasteiger partial charge in [-0.15, -0.1) is 0 Å². The molecule has 2 rings (SSSR count).